The molecule has 0 unspecified atom stereocenters. The van der Waals surface area contributed by atoms with E-state index in [0.29, 0.717) is 16.9 Å². The van der Waals surface area contributed by atoms with Gasteiger partial charge in [0.05, 0.1) is 11.6 Å². The summed E-state index contributed by atoms with van der Waals surface area (Å²) in [7, 11) is 0. The normalized spacial score (nSPS) is 10.3. The van der Waals surface area contributed by atoms with Crippen LogP contribution in [0, 0.1) is 18.3 Å². The highest BCUT2D eigenvalue weighted by molar-refractivity contribution is 5.81. The summed E-state index contributed by atoms with van der Waals surface area (Å²) in [4.78, 5) is 23.3. The molecule has 0 fully saturated rings. The molecule has 6 heteroatoms. The fourth-order valence-corrected chi connectivity index (χ4v) is 2.47. The van der Waals surface area contributed by atoms with Crippen molar-refractivity contribution >= 4 is 16.9 Å². The van der Waals surface area contributed by atoms with Crippen molar-refractivity contribution in [2.24, 2.45) is 0 Å². The molecule has 0 atom stereocenters. The van der Waals surface area contributed by atoms with Crippen LogP contribution in [-0.4, -0.2) is 12.6 Å². The molecular weight excluding hydrogens is 334 g/mol. The molecule has 0 aliphatic rings. The summed E-state index contributed by atoms with van der Waals surface area (Å²) < 4.78 is 15.7. The first-order valence-electron chi connectivity index (χ1n) is 7.87. The van der Waals surface area contributed by atoms with Gasteiger partial charge in [-0.25, -0.2) is 9.59 Å². The van der Waals surface area contributed by atoms with E-state index in [4.69, 9.17) is 19.2 Å². The second kappa shape index (κ2) is 7.53. The summed E-state index contributed by atoms with van der Waals surface area (Å²) in [5, 5.41) is 9.66. The van der Waals surface area contributed by atoms with Crippen molar-refractivity contribution in [3.8, 4) is 11.8 Å². The Bertz CT molecular complexity index is 1060. The molecule has 0 saturated heterocycles. The molecule has 2 aromatic carbocycles. The minimum Gasteiger partial charge on any atom is -0.482 e. The summed E-state index contributed by atoms with van der Waals surface area (Å²) in [6, 6.07) is 15.3. The molecule has 0 spiro atoms. The molecule has 26 heavy (non-hydrogen) atoms. The van der Waals surface area contributed by atoms with Gasteiger partial charge < -0.3 is 13.9 Å². The molecule has 6 nitrogen and oxygen atoms in total. The first kappa shape index (κ1) is 17.2. The first-order chi connectivity index (χ1) is 12.5. The maximum atomic E-state index is 11.8. The van der Waals surface area contributed by atoms with Crippen LogP contribution in [0.4, 0.5) is 0 Å². The van der Waals surface area contributed by atoms with E-state index in [9.17, 15) is 9.59 Å². The van der Waals surface area contributed by atoms with E-state index in [1.165, 1.54) is 6.07 Å². The quantitative estimate of drug-likeness (QED) is 0.519. The van der Waals surface area contributed by atoms with Gasteiger partial charge in [-0.1, -0.05) is 12.1 Å². The second-order valence-corrected chi connectivity index (χ2v) is 5.67. The summed E-state index contributed by atoms with van der Waals surface area (Å²) >= 11 is 0. The topological polar surface area (TPSA) is 89.5 Å². The van der Waals surface area contributed by atoms with Gasteiger partial charge in [-0.2, -0.15) is 5.26 Å². The largest absolute Gasteiger partial charge is 0.482 e. The number of carbonyl (C=O) groups is 1. The van der Waals surface area contributed by atoms with Crippen molar-refractivity contribution in [1.82, 2.24) is 0 Å². The number of carbonyl (C=O) groups excluding carboxylic acids is 1. The molecule has 0 amide bonds. The molecule has 0 radical (unpaired) electrons. The zero-order valence-electron chi connectivity index (χ0n) is 14.0. The standard InChI is InChI=1S/C20H15NO5/c1-13-7-19(22)26-18-9-16(5-6-17(13)18)24-12-20(23)25-11-15-4-2-3-14(8-15)10-21/h2-9H,11-12H2,1H3. The Balaban J connectivity index is 1.60. The third-order valence-corrected chi connectivity index (χ3v) is 3.74. The smallest absolute Gasteiger partial charge is 0.344 e. The minimum absolute atomic E-state index is 0.0590. The second-order valence-electron chi connectivity index (χ2n) is 5.67. The van der Waals surface area contributed by atoms with Crippen LogP contribution in [-0.2, 0) is 16.1 Å². The van der Waals surface area contributed by atoms with Gasteiger partial charge in [0.1, 0.15) is 17.9 Å². The summed E-state index contributed by atoms with van der Waals surface area (Å²) in [5.74, 6) is -0.146. The maximum absolute atomic E-state index is 11.8. The molecule has 0 bridgehead atoms. The highest BCUT2D eigenvalue weighted by atomic mass is 16.6. The van der Waals surface area contributed by atoms with Crippen LogP contribution in [0.1, 0.15) is 16.7 Å². The average Bonchev–Trinajstić information content (AvgIpc) is 2.64. The lowest BCUT2D eigenvalue weighted by molar-refractivity contribution is -0.147. The Morgan fingerprint density at radius 1 is 1.19 bits per heavy atom. The number of nitriles is 1. The highest BCUT2D eigenvalue weighted by Crippen LogP contribution is 2.22. The Hall–Kier alpha value is -3.59. The molecule has 0 N–H and O–H groups in total. The lowest BCUT2D eigenvalue weighted by Gasteiger charge is -2.08. The van der Waals surface area contributed by atoms with Crippen LogP contribution in [0.2, 0.25) is 0 Å². The fraction of sp³-hybridized carbons (Fsp3) is 0.150. The number of benzene rings is 2. The van der Waals surface area contributed by atoms with Crippen LogP contribution in [0.15, 0.2) is 57.7 Å². The number of hydrogen-bond donors (Lipinski definition) is 0. The van der Waals surface area contributed by atoms with Gasteiger partial charge in [0, 0.05) is 17.5 Å². The molecule has 0 aliphatic carbocycles. The maximum Gasteiger partial charge on any atom is 0.344 e. The minimum atomic E-state index is -0.543. The SMILES string of the molecule is Cc1cc(=O)oc2cc(OCC(=O)OCc3cccc(C#N)c3)ccc12. The Kier molecular flexibility index (Phi) is 4.99. The van der Waals surface area contributed by atoms with Gasteiger partial charge in [-0.05, 0) is 42.3 Å². The van der Waals surface area contributed by atoms with E-state index < -0.39 is 11.6 Å². The van der Waals surface area contributed by atoms with Crippen LogP contribution in [0.5, 0.6) is 5.75 Å². The lowest BCUT2D eigenvalue weighted by Crippen LogP contribution is -2.14. The van der Waals surface area contributed by atoms with Gasteiger partial charge >= 0.3 is 11.6 Å². The van der Waals surface area contributed by atoms with Crippen molar-refractivity contribution in [3.05, 3.63) is 75.6 Å². The summed E-state index contributed by atoms with van der Waals surface area (Å²) in [5.41, 5.74) is 1.99. The van der Waals surface area contributed by atoms with E-state index in [1.54, 1.807) is 42.5 Å². The van der Waals surface area contributed by atoms with Crippen LogP contribution in [0.3, 0.4) is 0 Å². The van der Waals surface area contributed by atoms with Crippen LogP contribution < -0.4 is 10.4 Å². The number of hydrogen-bond acceptors (Lipinski definition) is 6. The monoisotopic (exact) mass is 349 g/mol. The third kappa shape index (κ3) is 4.08. The number of esters is 1. The molecule has 0 saturated carbocycles. The van der Waals surface area contributed by atoms with E-state index >= 15 is 0 Å². The van der Waals surface area contributed by atoms with Gasteiger partial charge in [0.15, 0.2) is 6.61 Å². The highest BCUT2D eigenvalue weighted by Gasteiger charge is 2.08. The van der Waals surface area contributed by atoms with E-state index in [-0.39, 0.29) is 13.2 Å². The number of rotatable bonds is 5. The predicted molar refractivity (Wildman–Crippen MR) is 93.7 cm³/mol. The zero-order valence-corrected chi connectivity index (χ0v) is 14.0. The van der Waals surface area contributed by atoms with E-state index in [2.05, 4.69) is 0 Å². The molecule has 3 aromatic rings. The molecule has 1 aromatic heterocycles. The Morgan fingerprint density at radius 3 is 2.85 bits per heavy atom. The van der Waals surface area contributed by atoms with Gasteiger partial charge in [-0.15, -0.1) is 0 Å². The van der Waals surface area contributed by atoms with Gasteiger partial charge in [0.25, 0.3) is 0 Å². The van der Waals surface area contributed by atoms with Crippen molar-refractivity contribution in [1.29, 1.82) is 5.26 Å². The average molecular weight is 349 g/mol. The summed E-state index contributed by atoms with van der Waals surface area (Å²) in [6.07, 6.45) is 0. The molecular formula is C20H15NO5. The molecule has 130 valence electrons. The molecule has 3 rings (SSSR count). The van der Waals surface area contributed by atoms with Crippen molar-refractivity contribution in [2.75, 3.05) is 6.61 Å². The van der Waals surface area contributed by atoms with Gasteiger partial charge in [0.2, 0.25) is 0 Å². The van der Waals surface area contributed by atoms with E-state index in [1.807, 2.05) is 13.0 Å². The number of nitrogens with zero attached hydrogens (tertiary/aromatic N) is 1. The predicted octanol–water partition coefficient (Wildman–Crippen LogP) is 3.10. The number of aryl methyl sites for hydroxylation is 1. The Morgan fingerprint density at radius 2 is 2.04 bits per heavy atom. The zero-order chi connectivity index (χ0) is 18.5. The molecule has 0 aliphatic heterocycles. The van der Waals surface area contributed by atoms with Crippen molar-refractivity contribution < 1.29 is 18.7 Å². The van der Waals surface area contributed by atoms with E-state index in [0.717, 1.165) is 16.5 Å². The number of ether oxygens (including phenoxy) is 2. The number of fused-ring (bicyclic) bond motifs is 1. The third-order valence-electron chi connectivity index (χ3n) is 3.74. The van der Waals surface area contributed by atoms with Crippen molar-refractivity contribution in [3.63, 3.8) is 0 Å². The fourth-order valence-electron chi connectivity index (χ4n) is 2.47. The molecule has 1 heterocycles. The van der Waals surface area contributed by atoms with Crippen LogP contribution >= 0.6 is 0 Å². The first-order valence-corrected chi connectivity index (χ1v) is 7.87. The Labute approximate surface area is 149 Å². The van der Waals surface area contributed by atoms with Gasteiger partial charge in [-0.3, -0.25) is 0 Å². The summed E-state index contributed by atoms with van der Waals surface area (Å²) in [6.45, 7) is 1.60. The van der Waals surface area contributed by atoms with Crippen LogP contribution in [0.25, 0.3) is 11.0 Å². The lowest BCUT2D eigenvalue weighted by atomic mass is 10.1. The van der Waals surface area contributed by atoms with Crippen molar-refractivity contribution in [2.45, 2.75) is 13.5 Å².